The molecule has 0 spiro atoms. The molecule has 0 bridgehead atoms. The van der Waals surface area contributed by atoms with Gasteiger partial charge in [-0.1, -0.05) is 0 Å². The predicted molar refractivity (Wildman–Crippen MR) is 80.8 cm³/mol. The van der Waals surface area contributed by atoms with Crippen LogP contribution in [0, 0.1) is 5.92 Å². The molecule has 1 saturated heterocycles. The number of hydrogen-bond acceptors (Lipinski definition) is 4. The van der Waals surface area contributed by atoms with Crippen molar-refractivity contribution in [2.75, 3.05) is 19.6 Å². The lowest BCUT2D eigenvalue weighted by Gasteiger charge is -2.35. The van der Waals surface area contributed by atoms with Crippen LogP contribution in [0.25, 0.3) is 0 Å². The molecule has 1 aliphatic heterocycles. The van der Waals surface area contributed by atoms with E-state index in [9.17, 15) is 17.6 Å². The third-order valence-electron chi connectivity index (χ3n) is 4.35. The van der Waals surface area contributed by atoms with Gasteiger partial charge in [0.1, 0.15) is 0 Å². The molecule has 9 heteroatoms. The highest BCUT2D eigenvalue weighted by atomic mass is 32.2. The molecule has 2 heterocycles. The Morgan fingerprint density at radius 2 is 2.26 bits per heavy atom. The van der Waals surface area contributed by atoms with Gasteiger partial charge in [-0.2, -0.15) is 4.31 Å². The number of imidazole rings is 1. The fraction of sp³-hybridized carbons (Fsp3) is 0.714. The Balaban J connectivity index is 1.72. The first kappa shape index (κ1) is 16.4. The number of halogens is 1. The van der Waals surface area contributed by atoms with Crippen molar-refractivity contribution in [2.24, 2.45) is 13.0 Å². The zero-order valence-corrected chi connectivity index (χ0v) is 13.9. The molecule has 2 aliphatic rings. The number of alkyl halides is 1. The molecule has 0 radical (unpaired) electrons. The molecule has 1 aliphatic carbocycles. The van der Waals surface area contributed by atoms with Crippen molar-refractivity contribution in [1.82, 2.24) is 19.2 Å². The first-order valence-corrected chi connectivity index (χ1v) is 9.21. The van der Waals surface area contributed by atoms with Crippen molar-refractivity contribution in [2.45, 2.75) is 36.4 Å². The number of nitrogens with one attached hydrogen (secondary N) is 1. The Labute approximate surface area is 134 Å². The van der Waals surface area contributed by atoms with Gasteiger partial charge in [0.05, 0.1) is 12.9 Å². The van der Waals surface area contributed by atoms with Gasteiger partial charge in [0.25, 0.3) is 15.9 Å². The predicted octanol–water partition coefficient (Wildman–Crippen LogP) is 0.439. The lowest BCUT2D eigenvalue weighted by molar-refractivity contribution is -0.135. The van der Waals surface area contributed by atoms with Crippen molar-refractivity contribution in [3.8, 4) is 0 Å². The maximum Gasteiger partial charge on any atom is 0.262 e. The van der Waals surface area contributed by atoms with E-state index in [1.165, 1.54) is 17.1 Å². The molecule has 1 amide bonds. The van der Waals surface area contributed by atoms with E-state index in [4.69, 9.17) is 0 Å². The van der Waals surface area contributed by atoms with Crippen LogP contribution in [0.4, 0.5) is 4.39 Å². The van der Waals surface area contributed by atoms with Crippen LogP contribution in [0.5, 0.6) is 0 Å². The molecular formula is C14H21FN4O3S. The van der Waals surface area contributed by atoms with Crippen molar-refractivity contribution in [1.29, 1.82) is 0 Å². The number of piperidine rings is 1. The molecule has 1 N–H and O–H groups in total. The minimum atomic E-state index is -3.88. The summed E-state index contributed by atoms with van der Waals surface area (Å²) in [7, 11) is -2.22. The number of rotatable bonds is 5. The molecule has 1 unspecified atom stereocenters. The SMILES string of the molecule is Cn1cnc(S(=O)(=O)N2CCCC(F)(C(=O)NCC3CC3)C2)c1. The highest BCUT2D eigenvalue weighted by Gasteiger charge is 2.46. The minimum Gasteiger partial charge on any atom is -0.353 e. The third-order valence-corrected chi connectivity index (χ3v) is 6.08. The number of sulfonamides is 1. The van der Waals surface area contributed by atoms with Crippen molar-refractivity contribution < 1.29 is 17.6 Å². The molecule has 23 heavy (non-hydrogen) atoms. The van der Waals surface area contributed by atoms with Crippen LogP contribution in [0.15, 0.2) is 17.6 Å². The van der Waals surface area contributed by atoms with Gasteiger partial charge in [-0.05, 0) is 31.6 Å². The maximum atomic E-state index is 15.0. The largest absolute Gasteiger partial charge is 0.353 e. The standard InChI is InChI=1S/C14H21FN4O3S/c1-18-8-12(17-10-18)23(21,22)19-6-2-5-14(15,9-19)13(20)16-7-11-3-4-11/h8,10-11H,2-7,9H2,1H3,(H,16,20). The summed E-state index contributed by atoms with van der Waals surface area (Å²) < 4.78 is 42.6. The number of nitrogens with zero attached hydrogens (tertiary/aromatic N) is 3. The van der Waals surface area contributed by atoms with Crippen molar-refractivity contribution in [3.63, 3.8) is 0 Å². The van der Waals surface area contributed by atoms with Gasteiger partial charge in [-0.3, -0.25) is 4.79 Å². The van der Waals surface area contributed by atoms with Crippen LogP contribution in [0.3, 0.4) is 0 Å². The first-order valence-electron chi connectivity index (χ1n) is 7.77. The summed E-state index contributed by atoms with van der Waals surface area (Å²) in [6.45, 7) is 0.209. The molecule has 1 saturated carbocycles. The van der Waals surface area contributed by atoms with Crippen molar-refractivity contribution in [3.05, 3.63) is 12.5 Å². The second kappa shape index (κ2) is 5.86. The Bertz CT molecular complexity index is 701. The lowest BCUT2D eigenvalue weighted by atomic mass is 9.95. The average molecular weight is 344 g/mol. The molecule has 128 valence electrons. The minimum absolute atomic E-state index is 0.0394. The first-order chi connectivity index (χ1) is 10.8. The maximum absolute atomic E-state index is 15.0. The van der Waals surface area contributed by atoms with Gasteiger partial charge in [-0.25, -0.2) is 17.8 Å². The Morgan fingerprint density at radius 3 is 2.87 bits per heavy atom. The van der Waals surface area contributed by atoms with Crippen LogP contribution in [0.2, 0.25) is 0 Å². The Hall–Kier alpha value is -1.48. The Morgan fingerprint density at radius 1 is 1.52 bits per heavy atom. The van der Waals surface area contributed by atoms with E-state index in [1.54, 1.807) is 7.05 Å². The summed E-state index contributed by atoms with van der Waals surface area (Å²) in [4.78, 5) is 16.0. The number of carbonyl (C=O) groups excluding carboxylic acids is 1. The molecular weight excluding hydrogens is 323 g/mol. The number of carbonyl (C=O) groups is 1. The summed E-state index contributed by atoms with van der Waals surface area (Å²) in [5.74, 6) is -0.259. The smallest absolute Gasteiger partial charge is 0.262 e. The van der Waals surface area contributed by atoms with E-state index in [0.717, 1.165) is 17.1 Å². The number of amides is 1. The fourth-order valence-electron chi connectivity index (χ4n) is 2.74. The van der Waals surface area contributed by atoms with Gasteiger partial charge in [0.15, 0.2) is 5.03 Å². The monoisotopic (exact) mass is 344 g/mol. The van der Waals surface area contributed by atoms with E-state index >= 15 is 0 Å². The van der Waals surface area contributed by atoms with E-state index < -0.39 is 28.1 Å². The van der Waals surface area contributed by atoms with Gasteiger partial charge in [-0.15, -0.1) is 0 Å². The second-order valence-corrected chi connectivity index (χ2v) is 8.32. The average Bonchev–Trinajstić information content (AvgIpc) is 3.24. The van der Waals surface area contributed by atoms with Crippen LogP contribution in [-0.2, 0) is 21.9 Å². The quantitative estimate of drug-likeness (QED) is 0.840. The number of aromatic nitrogens is 2. The van der Waals surface area contributed by atoms with Gasteiger partial charge in [0.2, 0.25) is 5.67 Å². The third kappa shape index (κ3) is 3.40. The molecule has 0 aromatic carbocycles. The molecule has 1 aromatic heterocycles. The Kier molecular flexibility index (Phi) is 4.18. The normalized spacial score (nSPS) is 26.2. The number of aryl methyl sites for hydroxylation is 1. The van der Waals surface area contributed by atoms with Crippen molar-refractivity contribution >= 4 is 15.9 Å². The highest BCUT2D eigenvalue weighted by Crippen LogP contribution is 2.31. The highest BCUT2D eigenvalue weighted by molar-refractivity contribution is 7.89. The van der Waals surface area contributed by atoms with Crippen LogP contribution in [0.1, 0.15) is 25.7 Å². The molecule has 2 fully saturated rings. The zero-order chi connectivity index (χ0) is 16.7. The van der Waals surface area contributed by atoms with Gasteiger partial charge >= 0.3 is 0 Å². The van der Waals surface area contributed by atoms with E-state index in [-0.39, 0.29) is 18.0 Å². The summed E-state index contributed by atoms with van der Waals surface area (Å²) in [5, 5.41) is 2.49. The summed E-state index contributed by atoms with van der Waals surface area (Å²) in [6.07, 6.45) is 5.20. The van der Waals surface area contributed by atoms with E-state index in [2.05, 4.69) is 10.3 Å². The van der Waals surface area contributed by atoms with E-state index in [0.29, 0.717) is 18.9 Å². The topological polar surface area (TPSA) is 84.3 Å². The zero-order valence-electron chi connectivity index (χ0n) is 13.0. The second-order valence-electron chi connectivity index (χ2n) is 6.44. The lowest BCUT2D eigenvalue weighted by Crippen LogP contribution is -2.55. The molecule has 3 rings (SSSR count). The van der Waals surface area contributed by atoms with Crippen LogP contribution in [-0.4, -0.2) is 53.5 Å². The molecule has 1 aromatic rings. The molecule has 1 atom stereocenters. The van der Waals surface area contributed by atoms with E-state index in [1.807, 2.05) is 0 Å². The summed E-state index contributed by atoms with van der Waals surface area (Å²) >= 11 is 0. The van der Waals surface area contributed by atoms with Crippen LogP contribution < -0.4 is 5.32 Å². The summed E-state index contributed by atoms with van der Waals surface area (Å²) in [6, 6.07) is 0. The number of hydrogen-bond donors (Lipinski definition) is 1. The van der Waals surface area contributed by atoms with Gasteiger partial charge in [0, 0.05) is 26.3 Å². The summed E-state index contributed by atoms with van der Waals surface area (Å²) in [5.41, 5.74) is -2.17. The fourth-order valence-corrected chi connectivity index (χ4v) is 4.22. The van der Waals surface area contributed by atoms with Gasteiger partial charge < -0.3 is 9.88 Å². The van der Waals surface area contributed by atoms with Crippen LogP contribution >= 0.6 is 0 Å². The molecule has 7 nitrogen and oxygen atoms in total.